The molecule has 0 aromatic carbocycles. The first kappa shape index (κ1) is 6.99. The van der Waals surface area contributed by atoms with Gasteiger partial charge in [-0.25, -0.2) is 0 Å². The fourth-order valence-corrected chi connectivity index (χ4v) is 2.68. The summed E-state index contributed by atoms with van der Waals surface area (Å²) in [5.74, 6) is 3.03. The first-order chi connectivity index (χ1) is 4.90. The van der Waals surface area contributed by atoms with Gasteiger partial charge >= 0.3 is 0 Å². The van der Waals surface area contributed by atoms with Crippen molar-refractivity contribution in [2.24, 2.45) is 11.8 Å². The van der Waals surface area contributed by atoms with Crippen LogP contribution in [0.15, 0.2) is 0 Å². The van der Waals surface area contributed by atoms with Gasteiger partial charge in [0.1, 0.15) is 0 Å². The van der Waals surface area contributed by atoms with Gasteiger partial charge in [0.25, 0.3) is 0 Å². The van der Waals surface area contributed by atoms with Gasteiger partial charge in [-0.1, -0.05) is 6.42 Å². The van der Waals surface area contributed by atoms with Gasteiger partial charge in [0, 0.05) is 19.0 Å². The number of fused-ring (bicyclic) bond motifs is 1. The van der Waals surface area contributed by atoms with Gasteiger partial charge < -0.3 is 0 Å². The average molecular weight is 157 g/mol. The van der Waals surface area contributed by atoms with Gasteiger partial charge in [-0.15, -0.1) is 0 Å². The average Bonchev–Trinajstić information content (AvgIpc) is 2.42. The zero-order valence-corrected chi connectivity index (χ0v) is 7.19. The third-order valence-electron chi connectivity index (χ3n) is 3.00. The maximum Gasteiger partial charge on any atom is 0.0414 e. The van der Waals surface area contributed by atoms with Crippen molar-refractivity contribution in [3.05, 3.63) is 0 Å². The van der Waals surface area contributed by atoms with Gasteiger partial charge in [0.2, 0.25) is 0 Å². The van der Waals surface area contributed by atoms with E-state index in [1.54, 1.807) is 0 Å². The third kappa shape index (κ3) is 1.08. The summed E-state index contributed by atoms with van der Waals surface area (Å²) >= 11 is 4.29. The summed E-state index contributed by atoms with van der Waals surface area (Å²) in [5.41, 5.74) is 0. The number of nitrogens with zero attached hydrogens (tertiary/aromatic N) is 1. The molecule has 2 rings (SSSR count). The van der Waals surface area contributed by atoms with Crippen LogP contribution in [0.4, 0.5) is 0 Å². The van der Waals surface area contributed by atoms with Crippen molar-refractivity contribution in [3.8, 4) is 0 Å². The van der Waals surface area contributed by atoms with Crippen LogP contribution in [0.3, 0.4) is 0 Å². The minimum Gasteiger partial charge on any atom is -0.294 e. The Hall–Kier alpha value is 0.310. The summed E-state index contributed by atoms with van der Waals surface area (Å²) in [6.45, 7) is 2.66. The molecular formula is C8H15NS. The van der Waals surface area contributed by atoms with Crippen LogP contribution in [0.5, 0.6) is 0 Å². The zero-order valence-electron chi connectivity index (χ0n) is 6.29. The Morgan fingerprint density at radius 1 is 1.20 bits per heavy atom. The predicted octanol–water partition coefficient (Wildman–Crippen LogP) is 1.61. The Balaban J connectivity index is 1.94. The molecule has 1 saturated heterocycles. The van der Waals surface area contributed by atoms with Gasteiger partial charge in [-0.2, -0.15) is 12.6 Å². The molecule has 0 spiro atoms. The molecule has 2 fully saturated rings. The lowest BCUT2D eigenvalue weighted by atomic mass is 10.0. The Labute approximate surface area is 68.2 Å². The quantitative estimate of drug-likeness (QED) is 0.566. The Morgan fingerprint density at radius 3 is 2.30 bits per heavy atom. The third-order valence-corrected chi connectivity index (χ3v) is 3.40. The molecule has 2 unspecified atom stereocenters. The summed E-state index contributed by atoms with van der Waals surface area (Å²) in [5, 5.41) is 0. The van der Waals surface area contributed by atoms with Crippen LogP contribution in [-0.4, -0.2) is 23.9 Å². The van der Waals surface area contributed by atoms with E-state index in [1.807, 2.05) is 0 Å². The summed E-state index contributed by atoms with van der Waals surface area (Å²) in [6.07, 6.45) is 4.44. The van der Waals surface area contributed by atoms with Crippen LogP contribution in [0.1, 0.15) is 19.3 Å². The van der Waals surface area contributed by atoms with E-state index >= 15 is 0 Å². The molecule has 0 aromatic rings. The van der Waals surface area contributed by atoms with E-state index in [9.17, 15) is 0 Å². The molecule has 0 N–H and O–H groups in total. The minimum absolute atomic E-state index is 0.965. The van der Waals surface area contributed by atoms with Crippen LogP contribution in [0.25, 0.3) is 0 Å². The number of likely N-dealkylation sites (tertiary alicyclic amines) is 1. The molecule has 2 aliphatic rings. The Kier molecular flexibility index (Phi) is 1.92. The summed E-state index contributed by atoms with van der Waals surface area (Å²) < 4.78 is 0. The van der Waals surface area contributed by atoms with E-state index in [1.165, 1.54) is 32.4 Å². The highest BCUT2D eigenvalue weighted by Gasteiger charge is 2.35. The van der Waals surface area contributed by atoms with Gasteiger partial charge in [0.15, 0.2) is 0 Å². The zero-order chi connectivity index (χ0) is 6.97. The van der Waals surface area contributed by atoms with Crippen LogP contribution in [0, 0.1) is 11.8 Å². The lowest BCUT2D eigenvalue weighted by molar-refractivity contribution is 0.365. The fourth-order valence-electron chi connectivity index (χ4n) is 2.45. The van der Waals surface area contributed by atoms with Crippen molar-refractivity contribution < 1.29 is 0 Å². The van der Waals surface area contributed by atoms with E-state index in [2.05, 4.69) is 17.5 Å². The molecular weight excluding hydrogens is 142 g/mol. The minimum atomic E-state index is 0.965. The molecule has 10 heavy (non-hydrogen) atoms. The molecule has 0 aromatic heterocycles. The van der Waals surface area contributed by atoms with Crippen LogP contribution in [0.2, 0.25) is 0 Å². The molecule has 2 atom stereocenters. The molecule has 1 nitrogen and oxygen atoms in total. The number of rotatable bonds is 1. The van der Waals surface area contributed by atoms with Gasteiger partial charge in [0.05, 0.1) is 0 Å². The fraction of sp³-hybridized carbons (Fsp3) is 1.00. The van der Waals surface area contributed by atoms with E-state index in [0.29, 0.717) is 0 Å². The molecule has 1 heterocycles. The van der Waals surface area contributed by atoms with Crippen LogP contribution >= 0.6 is 12.6 Å². The largest absolute Gasteiger partial charge is 0.294 e. The highest BCUT2D eigenvalue weighted by Crippen LogP contribution is 2.37. The predicted molar refractivity (Wildman–Crippen MR) is 46.3 cm³/mol. The second-order valence-electron chi connectivity index (χ2n) is 3.63. The van der Waals surface area contributed by atoms with Crippen molar-refractivity contribution in [2.75, 3.05) is 19.0 Å². The monoisotopic (exact) mass is 157 g/mol. The highest BCUT2D eigenvalue weighted by atomic mass is 32.1. The van der Waals surface area contributed by atoms with Crippen molar-refractivity contribution >= 4 is 12.6 Å². The molecule has 2 heteroatoms. The second-order valence-corrected chi connectivity index (χ2v) is 3.91. The molecule has 0 amide bonds. The van der Waals surface area contributed by atoms with Crippen molar-refractivity contribution in [2.45, 2.75) is 19.3 Å². The van der Waals surface area contributed by atoms with Crippen molar-refractivity contribution in [1.29, 1.82) is 0 Å². The lowest BCUT2D eigenvalue weighted by Gasteiger charge is -2.11. The molecule has 0 bridgehead atoms. The summed E-state index contributed by atoms with van der Waals surface area (Å²) in [4.78, 5) is 2.47. The maximum atomic E-state index is 4.29. The summed E-state index contributed by atoms with van der Waals surface area (Å²) in [7, 11) is 0. The SMILES string of the molecule is SCN1CC2CCCC2C1. The smallest absolute Gasteiger partial charge is 0.0414 e. The highest BCUT2D eigenvalue weighted by molar-refractivity contribution is 7.80. The summed E-state index contributed by atoms with van der Waals surface area (Å²) in [6, 6.07) is 0. The molecule has 1 aliphatic carbocycles. The molecule has 58 valence electrons. The molecule has 1 aliphatic heterocycles. The van der Waals surface area contributed by atoms with E-state index in [0.717, 1.165) is 17.7 Å². The number of thiol groups is 1. The van der Waals surface area contributed by atoms with E-state index in [4.69, 9.17) is 0 Å². The first-order valence-electron chi connectivity index (χ1n) is 4.23. The lowest BCUT2D eigenvalue weighted by Crippen LogP contribution is -2.19. The Morgan fingerprint density at radius 2 is 1.80 bits per heavy atom. The normalized spacial score (nSPS) is 40.5. The Bertz CT molecular complexity index is 114. The number of hydrogen-bond acceptors (Lipinski definition) is 2. The van der Waals surface area contributed by atoms with Crippen molar-refractivity contribution in [3.63, 3.8) is 0 Å². The molecule has 1 saturated carbocycles. The van der Waals surface area contributed by atoms with Crippen LogP contribution < -0.4 is 0 Å². The van der Waals surface area contributed by atoms with Crippen molar-refractivity contribution in [1.82, 2.24) is 4.90 Å². The first-order valence-corrected chi connectivity index (χ1v) is 4.86. The number of hydrogen-bond donors (Lipinski definition) is 1. The van der Waals surface area contributed by atoms with E-state index in [-0.39, 0.29) is 0 Å². The standard InChI is InChI=1S/C8H15NS/c10-6-9-4-7-2-1-3-8(7)5-9/h7-8,10H,1-6H2. The van der Waals surface area contributed by atoms with Gasteiger partial charge in [-0.05, 0) is 24.7 Å². The van der Waals surface area contributed by atoms with Crippen LogP contribution in [-0.2, 0) is 0 Å². The second kappa shape index (κ2) is 2.74. The molecule has 0 radical (unpaired) electrons. The van der Waals surface area contributed by atoms with E-state index < -0.39 is 0 Å². The topological polar surface area (TPSA) is 3.24 Å². The maximum absolute atomic E-state index is 4.29. The van der Waals surface area contributed by atoms with Gasteiger partial charge in [-0.3, -0.25) is 4.90 Å².